The van der Waals surface area contributed by atoms with Crippen LogP contribution in [-0.4, -0.2) is 26.4 Å². The molecule has 27 heavy (non-hydrogen) atoms. The number of halogens is 1. The lowest BCUT2D eigenvalue weighted by Gasteiger charge is -2.20. The summed E-state index contributed by atoms with van der Waals surface area (Å²) in [5, 5.41) is 26.4. The molecule has 0 aliphatic heterocycles. The Bertz CT molecular complexity index is 1080. The van der Waals surface area contributed by atoms with Crippen molar-refractivity contribution in [2.75, 3.05) is 5.32 Å². The highest BCUT2D eigenvalue weighted by atomic mass is 79.9. The van der Waals surface area contributed by atoms with Gasteiger partial charge in [0.05, 0.1) is 23.0 Å². The van der Waals surface area contributed by atoms with E-state index in [1.807, 2.05) is 6.07 Å². The average molecular weight is 429 g/mol. The summed E-state index contributed by atoms with van der Waals surface area (Å²) in [5.74, 6) is -0.116. The van der Waals surface area contributed by atoms with E-state index in [0.29, 0.717) is 16.6 Å². The molecule has 8 heteroatoms. The van der Waals surface area contributed by atoms with Gasteiger partial charge in [0.2, 0.25) is 0 Å². The molecule has 0 aliphatic carbocycles. The number of nitrogens with one attached hydrogen (secondary N) is 1. The number of rotatable bonds is 2. The largest absolute Gasteiger partial charge is 0.506 e. The Hall–Kier alpha value is -3.05. The number of aromatic hydroxyl groups is 1. The SMILES string of the molecule is CC(C)(C)OC(=O)Nc1ccc(-c2cc(Br)cn3ncc(C#N)c23)cc1O. The highest BCUT2D eigenvalue weighted by Gasteiger charge is 2.18. The normalized spacial score (nSPS) is 11.2. The van der Waals surface area contributed by atoms with Crippen LogP contribution in [0.4, 0.5) is 10.5 Å². The van der Waals surface area contributed by atoms with Crippen LogP contribution < -0.4 is 5.32 Å². The zero-order valence-corrected chi connectivity index (χ0v) is 16.5. The lowest BCUT2D eigenvalue weighted by atomic mass is 10.0. The fraction of sp³-hybridized carbons (Fsp3) is 0.211. The summed E-state index contributed by atoms with van der Waals surface area (Å²) in [6.07, 6.45) is 2.58. The number of aromatic nitrogens is 2. The van der Waals surface area contributed by atoms with E-state index < -0.39 is 11.7 Å². The predicted molar refractivity (Wildman–Crippen MR) is 105 cm³/mol. The van der Waals surface area contributed by atoms with Gasteiger partial charge in [0.1, 0.15) is 17.4 Å². The van der Waals surface area contributed by atoms with Gasteiger partial charge in [-0.15, -0.1) is 0 Å². The van der Waals surface area contributed by atoms with E-state index in [-0.39, 0.29) is 11.4 Å². The minimum absolute atomic E-state index is 0.116. The first-order valence-electron chi connectivity index (χ1n) is 8.08. The predicted octanol–water partition coefficient (Wildman–Crippen LogP) is 4.69. The number of nitrogens with zero attached hydrogens (tertiary/aromatic N) is 3. The van der Waals surface area contributed by atoms with Gasteiger partial charge in [-0.2, -0.15) is 10.4 Å². The number of carbonyl (C=O) groups excluding carboxylic acids is 1. The van der Waals surface area contributed by atoms with Crippen LogP contribution in [0.15, 0.2) is 41.1 Å². The highest BCUT2D eigenvalue weighted by Crippen LogP contribution is 2.34. The number of amides is 1. The number of phenolic OH excluding ortho intramolecular Hbond substituents is 1. The van der Waals surface area contributed by atoms with E-state index >= 15 is 0 Å². The van der Waals surface area contributed by atoms with Crippen LogP contribution in [0.25, 0.3) is 16.6 Å². The summed E-state index contributed by atoms with van der Waals surface area (Å²) in [6.45, 7) is 5.27. The van der Waals surface area contributed by atoms with Crippen LogP contribution >= 0.6 is 15.9 Å². The number of hydrogen-bond acceptors (Lipinski definition) is 5. The first kappa shape index (κ1) is 18.7. The van der Waals surface area contributed by atoms with E-state index in [4.69, 9.17) is 4.74 Å². The molecule has 138 valence electrons. The highest BCUT2D eigenvalue weighted by molar-refractivity contribution is 9.10. The Morgan fingerprint density at radius 3 is 2.74 bits per heavy atom. The number of hydrogen-bond donors (Lipinski definition) is 2. The first-order chi connectivity index (χ1) is 12.7. The second-order valence-corrected chi connectivity index (χ2v) is 7.81. The smallest absolute Gasteiger partial charge is 0.412 e. The van der Waals surface area contributed by atoms with Crippen molar-refractivity contribution in [2.24, 2.45) is 0 Å². The molecule has 0 saturated carbocycles. The number of benzene rings is 1. The molecular formula is C19H17BrN4O3. The molecule has 0 fully saturated rings. The van der Waals surface area contributed by atoms with Gasteiger partial charge in [-0.05, 0) is 60.5 Å². The third-order valence-corrected chi connectivity index (χ3v) is 4.08. The second-order valence-electron chi connectivity index (χ2n) is 6.89. The molecule has 0 aliphatic rings. The molecule has 0 bridgehead atoms. The van der Waals surface area contributed by atoms with Crippen LogP contribution in [0.2, 0.25) is 0 Å². The number of nitriles is 1. The topological polar surface area (TPSA) is 99.6 Å². The molecule has 7 nitrogen and oxygen atoms in total. The number of anilines is 1. The molecule has 0 spiro atoms. The first-order valence-corrected chi connectivity index (χ1v) is 8.87. The maximum absolute atomic E-state index is 11.9. The van der Waals surface area contributed by atoms with Crippen LogP contribution in [0.5, 0.6) is 5.75 Å². The second kappa shape index (κ2) is 6.93. The standard InChI is InChI=1S/C19H17BrN4O3/c1-19(2,3)27-18(26)23-15-5-4-11(6-16(15)25)14-7-13(20)10-24-17(14)12(8-21)9-22-24/h4-7,9-10,25H,1-3H3,(H,23,26). The number of ether oxygens (including phenoxy) is 1. The van der Waals surface area contributed by atoms with Crippen molar-refractivity contribution in [1.82, 2.24) is 9.61 Å². The molecule has 0 saturated heterocycles. The van der Waals surface area contributed by atoms with Gasteiger partial charge in [0.25, 0.3) is 0 Å². The van der Waals surface area contributed by atoms with Gasteiger partial charge in [0, 0.05) is 16.2 Å². The molecule has 2 aromatic heterocycles. The van der Waals surface area contributed by atoms with E-state index in [1.165, 1.54) is 12.3 Å². The fourth-order valence-electron chi connectivity index (χ4n) is 2.61. The van der Waals surface area contributed by atoms with Gasteiger partial charge in [0.15, 0.2) is 0 Å². The van der Waals surface area contributed by atoms with Crippen LogP contribution in [-0.2, 0) is 4.74 Å². The summed E-state index contributed by atoms with van der Waals surface area (Å²) >= 11 is 3.43. The van der Waals surface area contributed by atoms with Gasteiger partial charge >= 0.3 is 6.09 Å². The van der Waals surface area contributed by atoms with Crippen LogP contribution in [0, 0.1) is 11.3 Å². The molecular weight excluding hydrogens is 412 g/mol. The Labute approximate surface area is 164 Å². The van der Waals surface area contributed by atoms with Crippen molar-refractivity contribution < 1.29 is 14.6 Å². The number of pyridine rings is 1. The average Bonchev–Trinajstić information content (AvgIpc) is 2.97. The Morgan fingerprint density at radius 1 is 1.37 bits per heavy atom. The van der Waals surface area contributed by atoms with E-state index in [9.17, 15) is 15.2 Å². The van der Waals surface area contributed by atoms with Crippen molar-refractivity contribution in [3.8, 4) is 22.9 Å². The van der Waals surface area contributed by atoms with E-state index in [0.717, 1.165) is 10.0 Å². The number of phenols is 1. The number of fused-ring (bicyclic) bond motifs is 1. The zero-order chi connectivity index (χ0) is 19.8. The van der Waals surface area contributed by atoms with Crippen molar-refractivity contribution >= 4 is 33.2 Å². The molecule has 2 heterocycles. The van der Waals surface area contributed by atoms with E-state index in [1.54, 1.807) is 43.6 Å². The van der Waals surface area contributed by atoms with Crippen molar-refractivity contribution in [2.45, 2.75) is 26.4 Å². The Balaban J connectivity index is 1.99. The van der Waals surface area contributed by atoms with Gasteiger partial charge < -0.3 is 9.84 Å². The quantitative estimate of drug-likeness (QED) is 0.576. The maximum Gasteiger partial charge on any atom is 0.412 e. The summed E-state index contributed by atoms with van der Waals surface area (Å²) in [5.41, 5.74) is 2.04. The minimum Gasteiger partial charge on any atom is -0.506 e. The molecule has 2 N–H and O–H groups in total. The fourth-order valence-corrected chi connectivity index (χ4v) is 3.03. The minimum atomic E-state index is -0.655. The molecule has 3 aromatic rings. The Morgan fingerprint density at radius 2 is 2.11 bits per heavy atom. The molecule has 0 radical (unpaired) electrons. The summed E-state index contributed by atoms with van der Waals surface area (Å²) < 4.78 is 7.56. The maximum atomic E-state index is 11.9. The van der Waals surface area contributed by atoms with E-state index in [2.05, 4.69) is 32.4 Å². The zero-order valence-electron chi connectivity index (χ0n) is 14.9. The summed E-state index contributed by atoms with van der Waals surface area (Å²) in [4.78, 5) is 11.9. The lowest BCUT2D eigenvalue weighted by Crippen LogP contribution is -2.27. The molecule has 3 rings (SSSR count). The van der Waals surface area contributed by atoms with Crippen molar-refractivity contribution in [1.29, 1.82) is 5.26 Å². The van der Waals surface area contributed by atoms with Gasteiger partial charge in [-0.25, -0.2) is 9.31 Å². The molecule has 1 amide bonds. The van der Waals surface area contributed by atoms with Crippen LogP contribution in [0.1, 0.15) is 26.3 Å². The number of carbonyl (C=O) groups is 1. The molecule has 1 aromatic carbocycles. The van der Waals surface area contributed by atoms with Crippen molar-refractivity contribution in [3.63, 3.8) is 0 Å². The lowest BCUT2D eigenvalue weighted by molar-refractivity contribution is 0.0635. The monoisotopic (exact) mass is 428 g/mol. The van der Waals surface area contributed by atoms with Crippen LogP contribution in [0.3, 0.4) is 0 Å². The third kappa shape index (κ3) is 4.04. The molecule has 0 atom stereocenters. The van der Waals surface area contributed by atoms with Crippen molar-refractivity contribution in [3.05, 3.63) is 46.7 Å². The summed E-state index contributed by atoms with van der Waals surface area (Å²) in [7, 11) is 0. The molecule has 0 unspecified atom stereocenters. The Kier molecular flexibility index (Phi) is 4.81. The summed E-state index contributed by atoms with van der Waals surface area (Å²) in [6, 6.07) is 8.79. The van der Waals surface area contributed by atoms with Gasteiger partial charge in [-0.1, -0.05) is 6.07 Å². The van der Waals surface area contributed by atoms with Gasteiger partial charge in [-0.3, -0.25) is 5.32 Å². The third-order valence-electron chi connectivity index (χ3n) is 3.64.